The van der Waals surface area contributed by atoms with E-state index < -0.39 is 0 Å². The number of hydrogen-bond donors (Lipinski definition) is 0. The highest BCUT2D eigenvalue weighted by Gasteiger charge is 2.51. The smallest absolute Gasteiger partial charge is 0.230 e. The summed E-state index contributed by atoms with van der Waals surface area (Å²) in [5.41, 5.74) is 2.00. The van der Waals surface area contributed by atoms with Crippen LogP contribution in [-0.4, -0.2) is 44.4 Å². The minimum atomic E-state index is 0.0407. The lowest BCUT2D eigenvalue weighted by Crippen LogP contribution is -2.55. The standard InChI is InChI=1S/C19H17Cl2N5O3/c1-9-15(24-29-23-9)6-16(27)26-7-11-4-12(8-26)17(11)19-22-18(25-28-19)10-2-3-13(20)14(21)5-10/h2-3,5,11-12,17H,4,6-8H2,1H3. The summed E-state index contributed by atoms with van der Waals surface area (Å²) in [6.07, 6.45) is 1.27. The molecule has 2 aliphatic heterocycles. The van der Waals surface area contributed by atoms with Crippen LogP contribution in [0.1, 0.15) is 29.6 Å². The molecule has 6 rings (SSSR count). The molecule has 0 radical (unpaired) electrons. The van der Waals surface area contributed by atoms with Gasteiger partial charge in [0, 0.05) is 24.6 Å². The van der Waals surface area contributed by atoms with E-state index in [4.69, 9.17) is 27.7 Å². The fraction of sp³-hybridized carbons (Fsp3) is 0.421. The van der Waals surface area contributed by atoms with E-state index in [0.29, 0.717) is 58.1 Å². The van der Waals surface area contributed by atoms with Gasteiger partial charge in [-0.3, -0.25) is 4.79 Å². The molecule has 0 N–H and O–H groups in total. The molecule has 10 heteroatoms. The Labute approximate surface area is 176 Å². The lowest BCUT2D eigenvalue weighted by atomic mass is 9.61. The molecule has 150 valence electrons. The van der Waals surface area contributed by atoms with Gasteiger partial charge in [-0.25, -0.2) is 4.63 Å². The zero-order chi connectivity index (χ0) is 20.1. The van der Waals surface area contributed by atoms with Crippen LogP contribution in [0.3, 0.4) is 0 Å². The molecule has 2 bridgehead atoms. The Morgan fingerprint density at radius 1 is 1.17 bits per heavy atom. The topological polar surface area (TPSA) is 98.2 Å². The van der Waals surface area contributed by atoms with Crippen molar-refractivity contribution in [2.75, 3.05) is 13.1 Å². The van der Waals surface area contributed by atoms with E-state index in [0.717, 1.165) is 12.0 Å². The van der Waals surface area contributed by atoms with E-state index in [1.54, 1.807) is 19.1 Å². The quantitative estimate of drug-likeness (QED) is 0.620. The molecule has 8 nitrogen and oxygen atoms in total. The first kappa shape index (κ1) is 18.6. The largest absolute Gasteiger partial charge is 0.342 e. The number of amides is 1. The van der Waals surface area contributed by atoms with Crippen LogP contribution in [0.2, 0.25) is 10.0 Å². The highest BCUT2D eigenvalue weighted by atomic mass is 35.5. The van der Waals surface area contributed by atoms with Gasteiger partial charge >= 0.3 is 0 Å². The van der Waals surface area contributed by atoms with E-state index in [1.165, 1.54) is 0 Å². The maximum Gasteiger partial charge on any atom is 0.230 e. The summed E-state index contributed by atoms with van der Waals surface area (Å²) >= 11 is 12.1. The number of carbonyl (C=O) groups excluding carboxylic acids is 1. The van der Waals surface area contributed by atoms with Gasteiger partial charge in [0.25, 0.3) is 0 Å². The van der Waals surface area contributed by atoms with Crippen LogP contribution in [0.25, 0.3) is 11.4 Å². The van der Waals surface area contributed by atoms with Crippen LogP contribution in [-0.2, 0) is 11.2 Å². The average molecular weight is 434 g/mol. The van der Waals surface area contributed by atoms with Gasteiger partial charge < -0.3 is 9.42 Å². The number of halogens is 2. The number of hydrogen-bond acceptors (Lipinski definition) is 7. The van der Waals surface area contributed by atoms with Crippen LogP contribution in [0.15, 0.2) is 27.4 Å². The van der Waals surface area contributed by atoms with Gasteiger partial charge in [-0.15, -0.1) is 0 Å². The zero-order valence-corrected chi connectivity index (χ0v) is 17.0. The molecule has 0 spiro atoms. The van der Waals surface area contributed by atoms with Crippen LogP contribution >= 0.6 is 23.2 Å². The molecule has 1 aromatic carbocycles. The fourth-order valence-corrected chi connectivity index (χ4v) is 4.58. The highest BCUT2D eigenvalue weighted by Crippen LogP contribution is 2.51. The van der Waals surface area contributed by atoms with Gasteiger partial charge in [0.1, 0.15) is 11.4 Å². The number of rotatable bonds is 4. The Morgan fingerprint density at radius 3 is 2.66 bits per heavy atom. The Bertz CT molecular complexity index is 1070. The van der Waals surface area contributed by atoms with Crippen molar-refractivity contribution in [3.05, 3.63) is 45.5 Å². The minimum absolute atomic E-state index is 0.0407. The van der Waals surface area contributed by atoms with E-state index in [1.807, 2.05) is 11.0 Å². The van der Waals surface area contributed by atoms with Crippen molar-refractivity contribution in [3.8, 4) is 11.4 Å². The predicted molar refractivity (Wildman–Crippen MR) is 103 cm³/mol. The van der Waals surface area contributed by atoms with E-state index in [2.05, 4.69) is 25.1 Å². The molecule has 2 unspecified atom stereocenters. The van der Waals surface area contributed by atoms with E-state index in [9.17, 15) is 4.79 Å². The predicted octanol–water partition coefficient (Wildman–Crippen LogP) is 3.54. The highest BCUT2D eigenvalue weighted by molar-refractivity contribution is 6.42. The van der Waals surface area contributed by atoms with Gasteiger partial charge in [-0.1, -0.05) is 38.7 Å². The van der Waals surface area contributed by atoms with Gasteiger partial charge in [-0.05, 0) is 43.4 Å². The van der Waals surface area contributed by atoms with Crippen molar-refractivity contribution in [1.82, 2.24) is 25.4 Å². The number of benzene rings is 1. The Hall–Kier alpha value is -2.45. The third kappa shape index (κ3) is 3.30. The molecule has 3 fully saturated rings. The Balaban J connectivity index is 1.27. The van der Waals surface area contributed by atoms with Crippen LogP contribution < -0.4 is 0 Å². The number of carbonyl (C=O) groups is 1. The second-order valence-corrected chi connectivity index (χ2v) is 8.45. The van der Waals surface area contributed by atoms with Crippen LogP contribution in [0, 0.1) is 18.8 Å². The fourth-order valence-electron chi connectivity index (χ4n) is 4.28. The normalized spacial score (nSPS) is 23.1. The molecule has 3 aliphatic rings. The molecule has 1 aliphatic carbocycles. The molecule has 3 aromatic rings. The third-order valence-corrected chi connectivity index (χ3v) is 6.59. The second-order valence-electron chi connectivity index (χ2n) is 7.64. The molecule has 1 amide bonds. The van der Waals surface area contributed by atoms with Crippen molar-refractivity contribution >= 4 is 29.1 Å². The molecular formula is C19H17Cl2N5O3. The molecule has 2 aromatic heterocycles. The van der Waals surface area contributed by atoms with Crippen molar-refractivity contribution < 1.29 is 13.9 Å². The number of aryl methyl sites for hydroxylation is 1. The van der Waals surface area contributed by atoms with Crippen molar-refractivity contribution in [2.45, 2.75) is 25.7 Å². The summed E-state index contributed by atoms with van der Waals surface area (Å²) < 4.78 is 10.2. The Kier molecular flexibility index (Phi) is 4.55. The molecule has 2 atom stereocenters. The number of fused-ring (bicyclic) bond motifs is 2. The molecule has 29 heavy (non-hydrogen) atoms. The monoisotopic (exact) mass is 433 g/mol. The Morgan fingerprint density at radius 2 is 1.97 bits per heavy atom. The zero-order valence-electron chi connectivity index (χ0n) is 15.5. The van der Waals surface area contributed by atoms with E-state index >= 15 is 0 Å². The van der Waals surface area contributed by atoms with Crippen LogP contribution in [0.5, 0.6) is 0 Å². The second kappa shape index (κ2) is 7.11. The number of piperidine rings is 2. The first-order valence-electron chi connectivity index (χ1n) is 9.34. The summed E-state index contributed by atoms with van der Waals surface area (Å²) in [6.45, 7) is 3.13. The molecule has 4 heterocycles. The first-order chi connectivity index (χ1) is 14.0. The molecule has 1 saturated carbocycles. The number of aromatic nitrogens is 4. The van der Waals surface area contributed by atoms with Crippen molar-refractivity contribution in [2.24, 2.45) is 11.8 Å². The molecular weight excluding hydrogens is 417 g/mol. The summed E-state index contributed by atoms with van der Waals surface area (Å²) in [6, 6.07) is 5.25. The van der Waals surface area contributed by atoms with E-state index in [-0.39, 0.29) is 18.2 Å². The summed E-state index contributed by atoms with van der Waals surface area (Å²) in [4.78, 5) is 19.1. The maximum atomic E-state index is 12.6. The van der Waals surface area contributed by atoms with Crippen molar-refractivity contribution in [3.63, 3.8) is 0 Å². The average Bonchev–Trinajstić information content (AvgIpc) is 3.33. The third-order valence-electron chi connectivity index (χ3n) is 5.85. The maximum absolute atomic E-state index is 12.6. The van der Waals surface area contributed by atoms with Gasteiger partial charge in [-0.2, -0.15) is 4.98 Å². The summed E-state index contributed by atoms with van der Waals surface area (Å²) in [5, 5.41) is 12.6. The lowest BCUT2D eigenvalue weighted by molar-refractivity contribution is -0.139. The van der Waals surface area contributed by atoms with Gasteiger partial charge in [0.05, 0.1) is 16.5 Å². The molecule has 2 saturated heterocycles. The van der Waals surface area contributed by atoms with Crippen molar-refractivity contribution in [1.29, 1.82) is 0 Å². The van der Waals surface area contributed by atoms with Gasteiger partial charge in [0.15, 0.2) is 0 Å². The number of nitrogens with zero attached hydrogens (tertiary/aromatic N) is 5. The van der Waals surface area contributed by atoms with Crippen LogP contribution in [0.4, 0.5) is 0 Å². The minimum Gasteiger partial charge on any atom is -0.342 e. The summed E-state index contributed by atoms with van der Waals surface area (Å²) in [7, 11) is 0. The SMILES string of the molecule is Cc1nonc1CC(=O)N1CC2CC(C1)C2c1nc(-c2ccc(Cl)c(Cl)c2)no1. The first-order valence-corrected chi connectivity index (χ1v) is 10.1. The van der Waals surface area contributed by atoms with Gasteiger partial charge in [0.2, 0.25) is 17.6 Å². The lowest BCUT2D eigenvalue weighted by Gasteiger charge is -2.52. The summed E-state index contributed by atoms with van der Waals surface area (Å²) in [5.74, 6) is 1.96.